The summed E-state index contributed by atoms with van der Waals surface area (Å²) < 4.78 is 5.86. The summed E-state index contributed by atoms with van der Waals surface area (Å²) in [5.74, 6) is 2.26. The molecule has 0 N–H and O–H groups in total. The maximum Gasteiger partial charge on any atom is 0.289 e. The maximum absolute atomic E-state index is 12.5. The first-order chi connectivity index (χ1) is 11.8. The van der Waals surface area contributed by atoms with Gasteiger partial charge in [-0.15, -0.1) is 0 Å². The van der Waals surface area contributed by atoms with E-state index in [2.05, 4.69) is 22.1 Å². The second-order valence-electron chi connectivity index (χ2n) is 7.69. The SMILES string of the molecule is O=C(c1cc2c(o1)C=CN(C1CN3CCC1CC3)C2)N1CCCC1. The molecule has 0 radical (unpaired) electrons. The quantitative estimate of drug-likeness (QED) is 0.836. The Balaban J connectivity index is 1.33. The van der Waals surface area contributed by atoms with E-state index in [1.54, 1.807) is 0 Å². The van der Waals surface area contributed by atoms with Crippen molar-refractivity contribution in [2.24, 2.45) is 5.92 Å². The molecule has 6 heterocycles. The van der Waals surface area contributed by atoms with Crippen molar-refractivity contribution in [2.75, 3.05) is 32.7 Å². The number of fused-ring (bicyclic) bond motifs is 4. The van der Waals surface area contributed by atoms with Crippen LogP contribution in [0.5, 0.6) is 0 Å². The third-order valence-corrected chi connectivity index (χ3v) is 6.26. The number of carbonyl (C=O) groups is 1. The molecule has 2 bridgehead atoms. The Hall–Kier alpha value is -1.75. The van der Waals surface area contributed by atoms with Crippen molar-refractivity contribution in [1.29, 1.82) is 0 Å². The van der Waals surface area contributed by atoms with Crippen LogP contribution in [-0.4, -0.2) is 59.4 Å². The van der Waals surface area contributed by atoms with Gasteiger partial charge in [0, 0.05) is 44.0 Å². The number of piperidine rings is 3. The van der Waals surface area contributed by atoms with Gasteiger partial charge < -0.3 is 19.1 Å². The molecule has 1 amide bonds. The van der Waals surface area contributed by atoms with E-state index in [9.17, 15) is 4.79 Å². The number of hydrogen-bond acceptors (Lipinski definition) is 4. The molecule has 5 heteroatoms. The molecular weight excluding hydrogens is 302 g/mol. The van der Waals surface area contributed by atoms with E-state index in [0.29, 0.717) is 11.8 Å². The highest BCUT2D eigenvalue weighted by atomic mass is 16.4. The van der Waals surface area contributed by atoms with Crippen molar-refractivity contribution in [3.8, 4) is 0 Å². The van der Waals surface area contributed by atoms with Gasteiger partial charge in [-0.1, -0.05) is 0 Å². The van der Waals surface area contributed by atoms with Crippen LogP contribution in [0.15, 0.2) is 16.7 Å². The first kappa shape index (κ1) is 14.6. The van der Waals surface area contributed by atoms with Crippen molar-refractivity contribution < 1.29 is 9.21 Å². The van der Waals surface area contributed by atoms with Crippen LogP contribution in [-0.2, 0) is 6.54 Å². The summed E-state index contributed by atoms with van der Waals surface area (Å²) in [6, 6.07) is 2.60. The summed E-state index contributed by atoms with van der Waals surface area (Å²) in [5.41, 5.74) is 1.16. The summed E-state index contributed by atoms with van der Waals surface area (Å²) >= 11 is 0. The van der Waals surface area contributed by atoms with Crippen LogP contribution in [0.4, 0.5) is 0 Å². The van der Waals surface area contributed by atoms with Gasteiger partial charge in [0.15, 0.2) is 5.76 Å². The molecule has 0 aromatic carbocycles. The lowest BCUT2D eigenvalue weighted by Crippen LogP contribution is -2.56. The molecule has 1 aromatic rings. The van der Waals surface area contributed by atoms with Gasteiger partial charge in [-0.2, -0.15) is 0 Å². The summed E-state index contributed by atoms with van der Waals surface area (Å²) in [6.45, 7) is 6.32. The second-order valence-corrected chi connectivity index (χ2v) is 7.69. The first-order valence-corrected chi connectivity index (χ1v) is 9.36. The smallest absolute Gasteiger partial charge is 0.289 e. The average Bonchev–Trinajstić information content (AvgIpc) is 3.31. The van der Waals surface area contributed by atoms with E-state index >= 15 is 0 Å². The molecule has 6 rings (SSSR count). The van der Waals surface area contributed by atoms with Crippen molar-refractivity contribution in [2.45, 2.75) is 38.3 Å². The van der Waals surface area contributed by atoms with Crippen molar-refractivity contribution >= 4 is 12.0 Å². The standard InChI is InChI=1S/C19H25N3O2/c23-19(21-6-1-2-7-21)18-11-15-12-22(10-5-17(15)24-18)16-13-20-8-3-14(16)4-9-20/h5,10-11,14,16H,1-4,6-9,12-13H2. The van der Waals surface area contributed by atoms with Crippen LogP contribution >= 0.6 is 0 Å². The highest BCUT2D eigenvalue weighted by molar-refractivity contribution is 5.92. The summed E-state index contributed by atoms with van der Waals surface area (Å²) in [7, 11) is 0. The molecule has 5 aliphatic heterocycles. The zero-order chi connectivity index (χ0) is 16.1. The van der Waals surface area contributed by atoms with Gasteiger partial charge >= 0.3 is 0 Å². The van der Waals surface area contributed by atoms with Crippen LogP contribution in [0.2, 0.25) is 0 Å². The second kappa shape index (κ2) is 5.66. The monoisotopic (exact) mass is 327 g/mol. The minimum Gasteiger partial charge on any atom is -0.451 e. The fourth-order valence-corrected chi connectivity index (χ4v) is 4.84. The Labute approximate surface area is 142 Å². The molecule has 4 saturated heterocycles. The van der Waals surface area contributed by atoms with Gasteiger partial charge in [0.05, 0.1) is 0 Å². The molecule has 5 aliphatic rings. The van der Waals surface area contributed by atoms with Crippen LogP contribution in [0.3, 0.4) is 0 Å². The van der Waals surface area contributed by atoms with Crippen molar-refractivity contribution in [1.82, 2.24) is 14.7 Å². The normalized spacial score (nSPS) is 31.6. The Morgan fingerprint density at radius 1 is 1.12 bits per heavy atom. The average molecular weight is 327 g/mol. The van der Waals surface area contributed by atoms with E-state index in [0.717, 1.165) is 49.7 Å². The predicted molar refractivity (Wildman–Crippen MR) is 91.4 cm³/mol. The maximum atomic E-state index is 12.5. The lowest BCUT2D eigenvalue weighted by molar-refractivity contribution is 0.0224. The molecule has 0 spiro atoms. The Morgan fingerprint density at radius 3 is 2.62 bits per heavy atom. The van der Waals surface area contributed by atoms with E-state index in [-0.39, 0.29) is 5.91 Å². The lowest BCUT2D eigenvalue weighted by Gasteiger charge is -2.49. The number of carbonyl (C=O) groups excluding carboxylic acids is 1. The number of amides is 1. The van der Waals surface area contributed by atoms with Gasteiger partial charge in [0.2, 0.25) is 0 Å². The van der Waals surface area contributed by atoms with Gasteiger partial charge in [0.1, 0.15) is 5.76 Å². The number of rotatable bonds is 2. The molecule has 24 heavy (non-hydrogen) atoms. The Kier molecular flexibility index (Phi) is 3.44. The van der Waals surface area contributed by atoms with Gasteiger partial charge in [-0.3, -0.25) is 4.79 Å². The molecule has 5 nitrogen and oxygen atoms in total. The number of furan rings is 1. The third kappa shape index (κ3) is 2.37. The Morgan fingerprint density at radius 2 is 1.92 bits per heavy atom. The fraction of sp³-hybridized carbons (Fsp3) is 0.632. The molecule has 4 fully saturated rings. The molecule has 1 aromatic heterocycles. The van der Waals surface area contributed by atoms with Crippen LogP contribution < -0.4 is 0 Å². The van der Waals surface area contributed by atoms with Crippen LogP contribution in [0, 0.1) is 5.92 Å². The first-order valence-electron chi connectivity index (χ1n) is 9.36. The minimum atomic E-state index is 0.0599. The van der Waals surface area contributed by atoms with Crippen LogP contribution in [0.25, 0.3) is 6.08 Å². The van der Waals surface area contributed by atoms with E-state index in [1.807, 2.05) is 11.0 Å². The largest absolute Gasteiger partial charge is 0.451 e. The van der Waals surface area contributed by atoms with Crippen molar-refractivity contribution in [3.05, 3.63) is 29.4 Å². The molecule has 0 saturated carbocycles. The van der Waals surface area contributed by atoms with E-state index in [4.69, 9.17) is 4.42 Å². The lowest BCUT2D eigenvalue weighted by atomic mass is 9.83. The number of hydrogen-bond donors (Lipinski definition) is 0. The highest BCUT2D eigenvalue weighted by Crippen LogP contribution is 2.34. The van der Waals surface area contributed by atoms with E-state index in [1.165, 1.54) is 32.5 Å². The highest BCUT2D eigenvalue weighted by Gasteiger charge is 2.37. The summed E-state index contributed by atoms with van der Waals surface area (Å²) in [4.78, 5) is 19.5. The topological polar surface area (TPSA) is 39.9 Å². The van der Waals surface area contributed by atoms with Gasteiger partial charge in [-0.05, 0) is 56.8 Å². The molecular formula is C19H25N3O2. The zero-order valence-electron chi connectivity index (χ0n) is 14.1. The molecule has 1 unspecified atom stereocenters. The third-order valence-electron chi connectivity index (χ3n) is 6.26. The van der Waals surface area contributed by atoms with Crippen molar-refractivity contribution in [3.63, 3.8) is 0 Å². The summed E-state index contributed by atoms with van der Waals surface area (Å²) in [5, 5.41) is 0. The molecule has 1 atom stereocenters. The molecule has 128 valence electrons. The van der Waals surface area contributed by atoms with E-state index < -0.39 is 0 Å². The predicted octanol–water partition coefficient (Wildman–Crippen LogP) is 2.40. The fourth-order valence-electron chi connectivity index (χ4n) is 4.84. The number of likely N-dealkylation sites (tertiary alicyclic amines) is 1. The van der Waals surface area contributed by atoms with Gasteiger partial charge in [0.25, 0.3) is 5.91 Å². The minimum absolute atomic E-state index is 0.0599. The van der Waals surface area contributed by atoms with Gasteiger partial charge in [-0.25, -0.2) is 0 Å². The summed E-state index contributed by atoms with van der Waals surface area (Å²) in [6.07, 6.45) is 9.11. The Bertz CT molecular complexity index is 666. The van der Waals surface area contributed by atoms with Crippen LogP contribution in [0.1, 0.15) is 47.6 Å². The zero-order valence-corrected chi connectivity index (χ0v) is 14.1. The molecule has 0 aliphatic carbocycles. The number of nitrogens with zero attached hydrogens (tertiary/aromatic N) is 3.